The first-order valence-electron chi connectivity index (χ1n) is 5.67. The van der Waals surface area contributed by atoms with E-state index >= 15 is 0 Å². The number of aliphatic hydroxyl groups is 1. The first kappa shape index (κ1) is 10.9. The van der Waals surface area contributed by atoms with Gasteiger partial charge in [0.15, 0.2) is 0 Å². The second kappa shape index (κ2) is 4.19. The molecule has 90 valence electrons. The van der Waals surface area contributed by atoms with E-state index in [-0.39, 0.29) is 0 Å². The maximum Gasteiger partial charge on any atom is 0.138 e. The fraction of sp³-hybridized carbons (Fsp3) is 0.154. The molecule has 3 rings (SSSR count). The predicted molar refractivity (Wildman–Crippen MR) is 66.0 cm³/mol. The molecule has 0 amide bonds. The lowest BCUT2D eigenvalue weighted by atomic mass is 10.1. The van der Waals surface area contributed by atoms with Crippen LogP contribution in [-0.4, -0.2) is 24.9 Å². The zero-order chi connectivity index (χ0) is 12.5. The van der Waals surface area contributed by atoms with Gasteiger partial charge in [-0.2, -0.15) is 0 Å². The molecule has 0 radical (unpaired) electrons. The molecular weight excluding hydrogens is 228 g/mol. The van der Waals surface area contributed by atoms with Crippen LogP contribution < -0.4 is 0 Å². The zero-order valence-corrected chi connectivity index (χ0v) is 9.85. The Hall–Kier alpha value is -2.27. The second-order valence-electron chi connectivity index (χ2n) is 4.08. The van der Waals surface area contributed by atoms with Gasteiger partial charge in [-0.1, -0.05) is 17.3 Å². The summed E-state index contributed by atoms with van der Waals surface area (Å²) < 4.78 is 1.65. The lowest BCUT2D eigenvalue weighted by Gasteiger charge is -2.11. The topological polar surface area (TPSA) is 63.3 Å². The van der Waals surface area contributed by atoms with Gasteiger partial charge >= 0.3 is 0 Å². The van der Waals surface area contributed by atoms with Crippen LogP contribution in [0.25, 0.3) is 5.52 Å². The molecule has 0 fully saturated rings. The number of aromatic nitrogens is 4. The van der Waals surface area contributed by atoms with Gasteiger partial charge in [0.1, 0.15) is 6.10 Å². The van der Waals surface area contributed by atoms with Gasteiger partial charge in [-0.25, -0.2) is 4.52 Å². The zero-order valence-electron chi connectivity index (χ0n) is 9.85. The summed E-state index contributed by atoms with van der Waals surface area (Å²) in [7, 11) is 0. The van der Waals surface area contributed by atoms with E-state index in [0.717, 1.165) is 11.2 Å². The molecule has 1 atom stereocenters. The summed E-state index contributed by atoms with van der Waals surface area (Å²) >= 11 is 0. The van der Waals surface area contributed by atoms with Crippen molar-refractivity contribution in [3.63, 3.8) is 0 Å². The van der Waals surface area contributed by atoms with E-state index in [9.17, 15) is 5.11 Å². The third-order valence-corrected chi connectivity index (χ3v) is 2.90. The third kappa shape index (κ3) is 1.65. The number of hydrogen-bond donors (Lipinski definition) is 1. The molecular formula is C13H12N4O. The molecule has 0 saturated heterocycles. The molecule has 0 saturated carbocycles. The Morgan fingerprint density at radius 1 is 1.17 bits per heavy atom. The summed E-state index contributed by atoms with van der Waals surface area (Å²) in [5, 5.41) is 18.4. The van der Waals surface area contributed by atoms with Gasteiger partial charge in [-0.3, -0.25) is 4.98 Å². The van der Waals surface area contributed by atoms with Gasteiger partial charge in [0, 0.05) is 6.20 Å². The van der Waals surface area contributed by atoms with Crippen molar-refractivity contribution in [2.24, 2.45) is 0 Å². The van der Waals surface area contributed by atoms with E-state index in [1.54, 1.807) is 16.8 Å². The molecule has 1 N–H and O–H groups in total. The van der Waals surface area contributed by atoms with Gasteiger partial charge in [-0.05, 0) is 31.2 Å². The highest BCUT2D eigenvalue weighted by atomic mass is 16.3. The van der Waals surface area contributed by atoms with E-state index < -0.39 is 6.10 Å². The van der Waals surface area contributed by atoms with Gasteiger partial charge in [-0.15, -0.1) is 5.10 Å². The van der Waals surface area contributed by atoms with Crippen molar-refractivity contribution < 1.29 is 5.11 Å². The quantitative estimate of drug-likeness (QED) is 0.737. The van der Waals surface area contributed by atoms with Crippen LogP contribution >= 0.6 is 0 Å². The van der Waals surface area contributed by atoms with Crippen molar-refractivity contribution >= 4 is 5.52 Å². The highest BCUT2D eigenvalue weighted by Crippen LogP contribution is 2.21. The molecule has 3 heterocycles. The van der Waals surface area contributed by atoms with Crippen molar-refractivity contribution in [2.45, 2.75) is 13.0 Å². The summed E-state index contributed by atoms with van der Waals surface area (Å²) in [6.07, 6.45) is 0.849. The van der Waals surface area contributed by atoms with Crippen LogP contribution in [-0.2, 0) is 0 Å². The van der Waals surface area contributed by atoms with Crippen LogP contribution in [0.3, 0.4) is 0 Å². The first-order chi connectivity index (χ1) is 8.77. The van der Waals surface area contributed by atoms with E-state index in [2.05, 4.69) is 15.3 Å². The van der Waals surface area contributed by atoms with Crippen LogP contribution in [0.15, 0.2) is 42.6 Å². The molecule has 5 nitrogen and oxygen atoms in total. The average molecular weight is 240 g/mol. The Bertz CT molecular complexity index is 678. The lowest BCUT2D eigenvalue weighted by Crippen LogP contribution is -2.08. The van der Waals surface area contributed by atoms with Gasteiger partial charge in [0.05, 0.1) is 22.6 Å². The smallest absolute Gasteiger partial charge is 0.138 e. The van der Waals surface area contributed by atoms with Crippen LogP contribution in [0.5, 0.6) is 0 Å². The third-order valence-electron chi connectivity index (χ3n) is 2.90. The van der Waals surface area contributed by atoms with Crippen molar-refractivity contribution in [2.75, 3.05) is 0 Å². The van der Waals surface area contributed by atoms with Crippen LogP contribution in [0.1, 0.15) is 23.2 Å². The van der Waals surface area contributed by atoms with Gasteiger partial charge < -0.3 is 5.11 Å². The largest absolute Gasteiger partial charge is 0.380 e. The number of aliphatic hydroxyl groups excluding tert-OH is 1. The molecule has 0 spiro atoms. The van der Waals surface area contributed by atoms with E-state index in [0.29, 0.717) is 11.4 Å². The number of fused-ring (bicyclic) bond motifs is 1. The monoisotopic (exact) mass is 240 g/mol. The Morgan fingerprint density at radius 2 is 2.06 bits per heavy atom. The Morgan fingerprint density at radius 3 is 2.83 bits per heavy atom. The second-order valence-corrected chi connectivity index (χ2v) is 4.08. The first-order valence-corrected chi connectivity index (χ1v) is 5.67. The number of hydrogen-bond acceptors (Lipinski definition) is 4. The molecule has 0 bridgehead atoms. The van der Waals surface area contributed by atoms with Crippen LogP contribution in [0.2, 0.25) is 0 Å². The standard InChI is InChI=1S/C13H12N4O/c1-9-11-6-4-7-12(17(11)16-15-9)13(18)10-5-2-3-8-14-10/h2-8,13,18H,1H3. The summed E-state index contributed by atoms with van der Waals surface area (Å²) in [6, 6.07) is 11.1. The Kier molecular flexibility index (Phi) is 2.53. The molecule has 0 aliphatic carbocycles. The van der Waals surface area contributed by atoms with E-state index in [4.69, 9.17) is 0 Å². The molecule has 5 heteroatoms. The minimum atomic E-state index is -0.809. The maximum atomic E-state index is 10.3. The van der Waals surface area contributed by atoms with E-state index in [1.165, 1.54) is 0 Å². The molecule has 3 aromatic rings. The highest BCUT2D eigenvalue weighted by Gasteiger charge is 2.16. The predicted octanol–water partition coefficient (Wildman–Crippen LogP) is 1.51. The molecule has 0 aromatic carbocycles. The number of pyridine rings is 2. The molecule has 1 unspecified atom stereocenters. The molecule has 0 aliphatic heterocycles. The summed E-state index contributed by atoms with van der Waals surface area (Å²) in [4.78, 5) is 4.16. The minimum absolute atomic E-state index is 0.596. The van der Waals surface area contributed by atoms with Crippen LogP contribution in [0.4, 0.5) is 0 Å². The average Bonchev–Trinajstić information content (AvgIpc) is 2.81. The normalized spacial score (nSPS) is 12.8. The maximum absolute atomic E-state index is 10.3. The summed E-state index contributed by atoms with van der Waals surface area (Å²) in [5.41, 5.74) is 2.98. The number of aryl methyl sites for hydroxylation is 1. The summed E-state index contributed by atoms with van der Waals surface area (Å²) in [6.45, 7) is 1.89. The van der Waals surface area contributed by atoms with Crippen molar-refractivity contribution in [3.8, 4) is 0 Å². The molecule has 0 aliphatic rings. The van der Waals surface area contributed by atoms with Crippen molar-refractivity contribution in [3.05, 3.63) is 59.7 Å². The minimum Gasteiger partial charge on any atom is -0.380 e. The lowest BCUT2D eigenvalue weighted by molar-refractivity contribution is 0.207. The fourth-order valence-corrected chi connectivity index (χ4v) is 1.95. The Labute approximate surface area is 104 Å². The van der Waals surface area contributed by atoms with Crippen molar-refractivity contribution in [1.82, 2.24) is 19.8 Å². The SMILES string of the molecule is Cc1nnn2c(C(O)c3ccccn3)cccc12. The Balaban J connectivity index is 2.15. The number of rotatable bonds is 2. The van der Waals surface area contributed by atoms with E-state index in [1.807, 2.05) is 37.3 Å². The summed E-state index contributed by atoms with van der Waals surface area (Å²) in [5.74, 6) is 0. The molecule has 18 heavy (non-hydrogen) atoms. The van der Waals surface area contributed by atoms with Gasteiger partial charge in [0.25, 0.3) is 0 Å². The van der Waals surface area contributed by atoms with Crippen LogP contribution in [0, 0.1) is 6.92 Å². The fourth-order valence-electron chi connectivity index (χ4n) is 1.95. The van der Waals surface area contributed by atoms with Gasteiger partial charge in [0.2, 0.25) is 0 Å². The number of nitrogens with zero attached hydrogens (tertiary/aromatic N) is 4. The molecule has 3 aromatic heterocycles. The highest BCUT2D eigenvalue weighted by molar-refractivity contribution is 5.51. The van der Waals surface area contributed by atoms with Crippen molar-refractivity contribution in [1.29, 1.82) is 0 Å².